The minimum absolute atomic E-state index is 0.183. The van der Waals surface area contributed by atoms with Crippen LogP contribution in [0, 0.1) is 5.92 Å². The molecule has 0 spiro atoms. The van der Waals surface area contributed by atoms with E-state index in [2.05, 4.69) is 18.3 Å². The van der Waals surface area contributed by atoms with E-state index in [4.69, 9.17) is 4.74 Å². The highest BCUT2D eigenvalue weighted by molar-refractivity contribution is 5.81. The van der Waals surface area contributed by atoms with Crippen molar-refractivity contribution in [1.82, 2.24) is 0 Å². The van der Waals surface area contributed by atoms with Crippen molar-refractivity contribution in [2.75, 3.05) is 12.4 Å². The van der Waals surface area contributed by atoms with Crippen LogP contribution < -0.4 is 5.32 Å². The molecule has 3 heteroatoms. The monoisotopic (exact) mass is 205 g/mol. The fourth-order valence-electron chi connectivity index (χ4n) is 2.03. The third-order valence-corrected chi connectivity index (χ3v) is 2.89. The van der Waals surface area contributed by atoms with Crippen LogP contribution in [-0.2, 0) is 16.0 Å². The van der Waals surface area contributed by atoms with Gasteiger partial charge in [0.15, 0.2) is 0 Å². The maximum Gasteiger partial charge on any atom is 0.328 e. The zero-order valence-electron chi connectivity index (χ0n) is 8.99. The second-order valence-electron chi connectivity index (χ2n) is 3.98. The Hall–Kier alpha value is -1.51. The standard InChI is InChI=1S/C12H15NO2/c1-8-7-9-5-3-4-6-10(9)13-11(8)12(14)15-2/h3-6,8,11,13H,7H2,1-2H3. The number of hydrogen-bond acceptors (Lipinski definition) is 3. The van der Waals surface area contributed by atoms with E-state index in [-0.39, 0.29) is 17.9 Å². The molecule has 1 aromatic carbocycles. The molecular weight excluding hydrogens is 190 g/mol. The summed E-state index contributed by atoms with van der Waals surface area (Å²) in [5.41, 5.74) is 2.32. The van der Waals surface area contributed by atoms with Crippen LogP contribution in [0.15, 0.2) is 24.3 Å². The smallest absolute Gasteiger partial charge is 0.328 e. The van der Waals surface area contributed by atoms with Gasteiger partial charge in [0.2, 0.25) is 0 Å². The van der Waals surface area contributed by atoms with Crippen molar-refractivity contribution in [3.8, 4) is 0 Å². The molecule has 1 aliphatic heterocycles. The first-order valence-corrected chi connectivity index (χ1v) is 5.14. The molecule has 0 aromatic heterocycles. The van der Waals surface area contributed by atoms with Gasteiger partial charge in [-0.1, -0.05) is 25.1 Å². The van der Waals surface area contributed by atoms with Gasteiger partial charge in [0, 0.05) is 5.69 Å². The van der Waals surface area contributed by atoms with E-state index in [0.29, 0.717) is 0 Å². The zero-order chi connectivity index (χ0) is 10.8. The number of rotatable bonds is 1. The number of anilines is 1. The average Bonchev–Trinajstić information content (AvgIpc) is 2.27. The summed E-state index contributed by atoms with van der Waals surface area (Å²) in [5, 5.41) is 3.22. The summed E-state index contributed by atoms with van der Waals surface area (Å²) in [6, 6.07) is 7.86. The van der Waals surface area contributed by atoms with Crippen LogP contribution in [0.1, 0.15) is 12.5 Å². The molecular formula is C12H15NO2. The molecule has 0 fully saturated rings. The molecule has 0 aliphatic carbocycles. The quantitative estimate of drug-likeness (QED) is 0.711. The maximum absolute atomic E-state index is 11.5. The predicted molar refractivity (Wildman–Crippen MR) is 58.7 cm³/mol. The predicted octanol–water partition coefficient (Wildman–Crippen LogP) is 1.83. The number of para-hydroxylation sites is 1. The minimum Gasteiger partial charge on any atom is -0.467 e. The van der Waals surface area contributed by atoms with Gasteiger partial charge >= 0.3 is 5.97 Å². The summed E-state index contributed by atoms with van der Waals surface area (Å²) < 4.78 is 4.77. The fourth-order valence-corrected chi connectivity index (χ4v) is 2.03. The van der Waals surface area contributed by atoms with Gasteiger partial charge < -0.3 is 10.1 Å². The summed E-state index contributed by atoms with van der Waals surface area (Å²) in [6.45, 7) is 2.06. The summed E-state index contributed by atoms with van der Waals surface area (Å²) >= 11 is 0. The first kappa shape index (κ1) is 10.0. The van der Waals surface area contributed by atoms with Gasteiger partial charge in [-0.2, -0.15) is 0 Å². The largest absolute Gasteiger partial charge is 0.467 e. The normalized spacial score (nSPS) is 23.9. The highest BCUT2D eigenvalue weighted by Gasteiger charge is 2.30. The topological polar surface area (TPSA) is 38.3 Å². The molecule has 2 atom stereocenters. The van der Waals surface area contributed by atoms with Crippen molar-refractivity contribution < 1.29 is 9.53 Å². The Morgan fingerprint density at radius 1 is 1.47 bits per heavy atom. The van der Waals surface area contributed by atoms with E-state index in [0.717, 1.165) is 12.1 Å². The molecule has 0 saturated heterocycles. The molecule has 0 saturated carbocycles. The molecule has 1 aliphatic rings. The molecule has 3 nitrogen and oxygen atoms in total. The Bertz CT molecular complexity index is 376. The second kappa shape index (κ2) is 3.93. The number of ether oxygens (including phenoxy) is 1. The molecule has 2 rings (SSSR count). The summed E-state index contributed by atoms with van der Waals surface area (Å²) in [6.07, 6.45) is 0.920. The highest BCUT2D eigenvalue weighted by Crippen LogP contribution is 2.28. The Morgan fingerprint density at radius 2 is 2.20 bits per heavy atom. The second-order valence-corrected chi connectivity index (χ2v) is 3.98. The molecule has 1 N–H and O–H groups in total. The van der Waals surface area contributed by atoms with Crippen molar-refractivity contribution in [2.24, 2.45) is 5.92 Å². The lowest BCUT2D eigenvalue weighted by Gasteiger charge is -2.30. The number of hydrogen-bond donors (Lipinski definition) is 1. The SMILES string of the molecule is COC(=O)C1Nc2ccccc2CC1C. The van der Waals surface area contributed by atoms with Gasteiger partial charge in [-0.05, 0) is 24.0 Å². The van der Waals surface area contributed by atoms with Gasteiger partial charge in [-0.3, -0.25) is 0 Å². The van der Waals surface area contributed by atoms with Crippen LogP contribution in [0.25, 0.3) is 0 Å². The lowest BCUT2D eigenvalue weighted by molar-refractivity contribution is -0.142. The molecule has 15 heavy (non-hydrogen) atoms. The summed E-state index contributed by atoms with van der Waals surface area (Å²) in [4.78, 5) is 11.5. The van der Waals surface area contributed by atoms with Crippen molar-refractivity contribution in [3.05, 3.63) is 29.8 Å². The van der Waals surface area contributed by atoms with E-state index in [9.17, 15) is 4.79 Å². The van der Waals surface area contributed by atoms with E-state index in [1.807, 2.05) is 18.2 Å². The first-order valence-electron chi connectivity index (χ1n) is 5.14. The van der Waals surface area contributed by atoms with Crippen LogP contribution >= 0.6 is 0 Å². The Balaban J connectivity index is 2.25. The van der Waals surface area contributed by atoms with Crippen molar-refractivity contribution in [1.29, 1.82) is 0 Å². The number of esters is 1. The Kier molecular flexibility index (Phi) is 2.62. The number of nitrogens with one attached hydrogen (secondary N) is 1. The summed E-state index contributed by atoms with van der Waals surface area (Å²) in [7, 11) is 1.43. The van der Waals surface area contributed by atoms with Crippen LogP contribution in [0.3, 0.4) is 0 Å². The van der Waals surface area contributed by atoms with Crippen LogP contribution in [-0.4, -0.2) is 19.1 Å². The van der Waals surface area contributed by atoms with Gasteiger partial charge in [0.25, 0.3) is 0 Å². The van der Waals surface area contributed by atoms with Gasteiger partial charge in [0.05, 0.1) is 7.11 Å². The Morgan fingerprint density at radius 3 is 2.93 bits per heavy atom. The summed E-state index contributed by atoms with van der Waals surface area (Å²) in [5.74, 6) is 0.0874. The Labute approximate surface area is 89.4 Å². The van der Waals surface area contributed by atoms with Crippen LogP contribution in [0.4, 0.5) is 5.69 Å². The van der Waals surface area contributed by atoms with Crippen LogP contribution in [0.5, 0.6) is 0 Å². The van der Waals surface area contributed by atoms with Crippen molar-refractivity contribution in [3.63, 3.8) is 0 Å². The third kappa shape index (κ3) is 1.82. The minimum atomic E-state index is -0.218. The number of carbonyl (C=O) groups is 1. The molecule has 0 bridgehead atoms. The molecule has 0 amide bonds. The maximum atomic E-state index is 11.5. The highest BCUT2D eigenvalue weighted by atomic mass is 16.5. The number of benzene rings is 1. The number of methoxy groups -OCH3 is 1. The van der Waals surface area contributed by atoms with Gasteiger partial charge in [-0.25, -0.2) is 4.79 Å². The number of carbonyl (C=O) groups excluding carboxylic acids is 1. The third-order valence-electron chi connectivity index (χ3n) is 2.89. The zero-order valence-corrected chi connectivity index (χ0v) is 8.99. The average molecular weight is 205 g/mol. The van der Waals surface area contributed by atoms with Crippen molar-refractivity contribution in [2.45, 2.75) is 19.4 Å². The van der Waals surface area contributed by atoms with Crippen LogP contribution in [0.2, 0.25) is 0 Å². The lowest BCUT2D eigenvalue weighted by atomic mass is 9.89. The van der Waals surface area contributed by atoms with E-state index < -0.39 is 0 Å². The van der Waals surface area contributed by atoms with E-state index in [1.165, 1.54) is 12.7 Å². The molecule has 1 aromatic rings. The molecule has 1 heterocycles. The molecule has 80 valence electrons. The molecule has 2 unspecified atom stereocenters. The lowest BCUT2D eigenvalue weighted by Crippen LogP contribution is -2.40. The van der Waals surface area contributed by atoms with Gasteiger partial charge in [0.1, 0.15) is 6.04 Å². The van der Waals surface area contributed by atoms with Gasteiger partial charge in [-0.15, -0.1) is 0 Å². The fraction of sp³-hybridized carbons (Fsp3) is 0.417. The number of fused-ring (bicyclic) bond motifs is 1. The van der Waals surface area contributed by atoms with E-state index in [1.54, 1.807) is 0 Å². The molecule has 0 radical (unpaired) electrons. The van der Waals surface area contributed by atoms with E-state index >= 15 is 0 Å². The first-order chi connectivity index (χ1) is 7.22. The van der Waals surface area contributed by atoms with Crippen molar-refractivity contribution >= 4 is 11.7 Å².